The summed E-state index contributed by atoms with van der Waals surface area (Å²) in [6.07, 6.45) is 2.28. The van der Waals surface area contributed by atoms with Crippen LogP contribution in [0.2, 0.25) is 0 Å². The van der Waals surface area contributed by atoms with E-state index < -0.39 is 66.7 Å². The van der Waals surface area contributed by atoms with Crippen molar-refractivity contribution >= 4 is 19.9 Å². The summed E-state index contributed by atoms with van der Waals surface area (Å²) < 4.78 is 121. The van der Waals surface area contributed by atoms with Gasteiger partial charge in [-0.25, -0.2) is 30.7 Å². The van der Waals surface area contributed by atoms with Crippen molar-refractivity contribution in [2.24, 2.45) is 0 Å². The average molecular weight is 718 g/mol. The number of aromatic hydroxyl groups is 1. The fraction of sp³-hybridized carbons (Fsp3) is 0.242. The van der Waals surface area contributed by atoms with E-state index in [1.807, 2.05) is 0 Å². The zero-order valence-corrected chi connectivity index (χ0v) is 29.8. The van der Waals surface area contributed by atoms with Gasteiger partial charge in [-0.2, -0.15) is 6.42 Å². The Hall–Kier alpha value is -2.76. The summed E-state index contributed by atoms with van der Waals surface area (Å²) in [5.74, 6) is -5.00. The normalized spacial score (nSPS) is 9.00. The number of halogens is 8. The van der Waals surface area contributed by atoms with Gasteiger partial charge in [0.2, 0.25) is 0 Å². The van der Waals surface area contributed by atoms with E-state index in [0.717, 1.165) is 85.3 Å². The van der Waals surface area contributed by atoms with Gasteiger partial charge in [-0.3, -0.25) is 4.39 Å². The van der Waals surface area contributed by atoms with Crippen molar-refractivity contribution in [3.05, 3.63) is 138 Å². The number of hydrogen-bond acceptors (Lipinski definition) is 6. The molecule has 51 heavy (non-hydrogen) atoms. The molecule has 0 aliphatic heterocycles. The largest absolute Gasteiger partial charge is 1.00 e. The molecule has 1 N–H and O–H groups in total. The van der Waals surface area contributed by atoms with Crippen LogP contribution in [0.1, 0.15) is 19.8 Å². The Balaban J connectivity index is -0.000000265. The Labute approximate surface area is 319 Å². The maximum Gasteiger partial charge on any atom is 1.00 e. The zero-order valence-electron chi connectivity index (χ0n) is 29.8. The quantitative estimate of drug-likeness (QED) is 0.179. The second-order valence-corrected chi connectivity index (χ2v) is 8.71. The predicted octanol–water partition coefficient (Wildman–Crippen LogP) is 1.89. The summed E-state index contributed by atoms with van der Waals surface area (Å²) >= 11 is 0. The zero-order chi connectivity index (χ0) is 37.8. The molecule has 0 atom stereocenters. The van der Waals surface area contributed by atoms with Crippen molar-refractivity contribution in [2.75, 3.05) is 35.5 Å². The topological polar surface area (TPSA) is 66.4 Å². The van der Waals surface area contributed by atoms with Crippen LogP contribution in [0.15, 0.2) is 78.9 Å². The molecular weight excluding hydrogens is 680 g/mol. The molecule has 270 valence electrons. The molecule has 0 aliphatic carbocycles. The third kappa shape index (κ3) is 28.5. The third-order valence-corrected chi connectivity index (χ3v) is 5.02. The van der Waals surface area contributed by atoms with E-state index in [1.54, 1.807) is 0 Å². The van der Waals surface area contributed by atoms with Crippen LogP contribution < -0.4 is 43.2 Å². The molecule has 4 rings (SSSR count). The molecule has 0 amide bonds. The third-order valence-electron chi connectivity index (χ3n) is 5.02. The maximum atomic E-state index is 13.1. The smallest absolute Gasteiger partial charge is 0.505 e. The molecule has 0 aliphatic rings. The molecular formula is C33H38B2F8Li2O6. The van der Waals surface area contributed by atoms with Crippen LogP contribution in [0.5, 0.6) is 5.75 Å². The van der Waals surface area contributed by atoms with Crippen molar-refractivity contribution in [1.29, 1.82) is 0 Å². The molecule has 4 aromatic rings. The van der Waals surface area contributed by atoms with Crippen LogP contribution in [-0.4, -0.2) is 55.1 Å². The van der Waals surface area contributed by atoms with Gasteiger partial charge in [-0.05, 0) is 54.6 Å². The summed E-state index contributed by atoms with van der Waals surface area (Å²) in [6, 6.07) is 15.0. The van der Waals surface area contributed by atoms with Gasteiger partial charge in [0.25, 0.3) is 0 Å². The van der Waals surface area contributed by atoms with Crippen LogP contribution in [0.25, 0.3) is 0 Å². The molecule has 0 radical (unpaired) electrons. The van der Waals surface area contributed by atoms with Crippen LogP contribution in [0.3, 0.4) is 0 Å². The van der Waals surface area contributed by atoms with Crippen molar-refractivity contribution < 1.29 is 101 Å². The first-order valence-corrected chi connectivity index (χ1v) is 14.0. The Bertz CT molecular complexity index is 1300. The van der Waals surface area contributed by atoms with Crippen molar-refractivity contribution in [3.63, 3.8) is 0 Å². The minimum Gasteiger partial charge on any atom is -0.505 e. The maximum absolute atomic E-state index is 13.1. The summed E-state index contributed by atoms with van der Waals surface area (Å²) in [7, 11) is 5.88. The first-order valence-electron chi connectivity index (χ1n) is 14.0. The minimum absolute atomic E-state index is 0. The molecule has 4 aromatic carbocycles. The molecule has 0 aromatic heterocycles. The molecule has 18 heteroatoms. The predicted molar refractivity (Wildman–Crippen MR) is 172 cm³/mol. The van der Waals surface area contributed by atoms with Crippen molar-refractivity contribution in [3.8, 4) is 5.75 Å². The molecule has 6 nitrogen and oxygen atoms in total. The van der Waals surface area contributed by atoms with Crippen molar-refractivity contribution in [2.45, 2.75) is 19.8 Å². The minimum atomic E-state index is -0.865. The standard InChI is InChI=1S/C8H9BF2O2.C6H4F2O.C6H4F2.C6H3F2.C4H9.C3H9BO3.2Li/c1-12-9(13-2)7-5-6(10)3-4-8(7)11;7-4-1-2-5(8)6(9)3-4;2*7-5-1-2-6(8)4-3-5;1-3-4-2;1-5-4(6-2)7-3;;/h3-5H,1-2H3;1-3,9H;1-4H;1-3H;1,3-4H2,2H3;1-3H3;;/q;;;2*-1;;2*+1. The Kier molecular flexibility index (Phi) is 37.0. The van der Waals surface area contributed by atoms with Gasteiger partial charge in [-0.15, -0.1) is 24.3 Å². The van der Waals surface area contributed by atoms with E-state index >= 15 is 0 Å². The summed E-state index contributed by atoms with van der Waals surface area (Å²) in [5, 5.41) is 8.49. The van der Waals surface area contributed by atoms with Gasteiger partial charge < -0.3 is 35.3 Å². The molecule has 0 saturated heterocycles. The van der Waals surface area contributed by atoms with E-state index in [0.29, 0.717) is 0 Å². The molecule has 0 bridgehead atoms. The first-order chi connectivity index (χ1) is 23.2. The van der Waals surface area contributed by atoms with Gasteiger partial charge in [0.15, 0.2) is 11.6 Å². The summed E-state index contributed by atoms with van der Waals surface area (Å²) in [5.41, 5.74) is 0.0602. The summed E-state index contributed by atoms with van der Waals surface area (Å²) in [6.45, 7) is 5.72. The van der Waals surface area contributed by atoms with E-state index in [1.165, 1.54) is 42.0 Å². The SMILES string of the molecule is COB(OC)OC.COB(OC)c1cc(F)ccc1F.Fc1[c-]cc(F)cc1.Fc1ccc(F)cc1.Oc1cc(F)ccc1F.[CH2-]CCC.[Li+].[Li+]. The number of benzene rings is 4. The van der Waals surface area contributed by atoms with E-state index in [4.69, 9.17) is 14.4 Å². The average Bonchev–Trinajstić information content (AvgIpc) is 3.10. The Morgan fingerprint density at radius 1 is 0.588 bits per heavy atom. The molecule has 0 heterocycles. The number of phenols is 1. The van der Waals surface area contributed by atoms with Gasteiger partial charge in [0, 0.05) is 58.7 Å². The molecule has 0 saturated carbocycles. The Morgan fingerprint density at radius 3 is 1.27 bits per heavy atom. The van der Waals surface area contributed by atoms with Crippen LogP contribution in [-0.2, 0) is 23.3 Å². The van der Waals surface area contributed by atoms with Crippen molar-refractivity contribution in [1.82, 2.24) is 0 Å². The van der Waals surface area contributed by atoms with Crippen LogP contribution in [0, 0.1) is 59.5 Å². The number of rotatable bonds is 7. The number of hydrogen-bond donors (Lipinski definition) is 1. The van der Waals surface area contributed by atoms with Crippen LogP contribution >= 0.6 is 0 Å². The van der Waals surface area contributed by atoms with E-state index in [9.17, 15) is 35.1 Å². The van der Waals surface area contributed by atoms with Crippen LogP contribution in [0.4, 0.5) is 35.1 Å². The van der Waals surface area contributed by atoms with Gasteiger partial charge >= 0.3 is 52.2 Å². The van der Waals surface area contributed by atoms with Gasteiger partial charge in [0.1, 0.15) is 29.1 Å². The second-order valence-electron chi connectivity index (χ2n) is 8.71. The van der Waals surface area contributed by atoms with Gasteiger partial charge in [-0.1, -0.05) is 13.3 Å². The Morgan fingerprint density at radius 2 is 0.980 bits per heavy atom. The van der Waals surface area contributed by atoms with E-state index in [2.05, 4.69) is 33.9 Å². The van der Waals surface area contributed by atoms with Gasteiger partial charge in [0.05, 0.1) is 0 Å². The van der Waals surface area contributed by atoms with E-state index in [-0.39, 0.29) is 43.2 Å². The molecule has 0 fully saturated rings. The molecule has 0 unspecified atom stereocenters. The molecule has 0 spiro atoms. The summed E-state index contributed by atoms with van der Waals surface area (Å²) in [4.78, 5) is 0. The first kappa shape index (κ1) is 55.0. The fourth-order valence-electron chi connectivity index (χ4n) is 2.64. The number of unbranched alkanes of at least 4 members (excludes halogenated alkanes) is 1. The fourth-order valence-corrected chi connectivity index (χ4v) is 2.64. The second kappa shape index (κ2) is 34.3. The monoisotopic (exact) mass is 718 g/mol. The number of phenolic OH excluding ortho intramolecular Hbond substituents is 1.